The minimum Gasteiger partial charge on any atom is -0.496 e. The van der Waals surface area contributed by atoms with E-state index in [1.54, 1.807) is 25.3 Å². The molecule has 1 N–H and O–H groups in total. The lowest BCUT2D eigenvalue weighted by molar-refractivity contribution is 0.0866. The minimum atomic E-state index is -0.130. The van der Waals surface area contributed by atoms with Crippen molar-refractivity contribution >= 4 is 17.5 Å². The van der Waals surface area contributed by atoms with E-state index in [4.69, 9.17) is 16.3 Å². The zero-order chi connectivity index (χ0) is 16.9. The van der Waals surface area contributed by atoms with Crippen molar-refractivity contribution in [2.24, 2.45) is 0 Å². The van der Waals surface area contributed by atoms with Gasteiger partial charge in [0.25, 0.3) is 5.91 Å². The average molecular weight is 339 g/mol. The molecule has 0 spiro atoms. The van der Waals surface area contributed by atoms with Crippen LogP contribution in [-0.4, -0.2) is 44.1 Å². The Kier molecular flexibility index (Phi) is 6.31. The highest BCUT2D eigenvalue weighted by Crippen LogP contribution is 2.31. The quantitative estimate of drug-likeness (QED) is 0.832. The number of likely N-dealkylation sites (N-methyl/N-ethyl adjacent to an activating group) is 1. The van der Waals surface area contributed by atoms with Gasteiger partial charge in [-0.2, -0.15) is 0 Å². The third-order valence-corrected chi connectivity index (χ3v) is 5.20. The van der Waals surface area contributed by atoms with Gasteiger partial charge in [-0.15, -0.1) is 0 Å². The van der Waals surface area contributed by atoms with Gasteiger partial charge in [0.2, 0.25) is 0 Å². The predicted octanol–water partition coefficient (Wildman–Crippen LogP) is 3.73. The molecule has 0 aliphatic heterocycles. The summed E-state index contributed by atoms with van der Waals surface area (Å²) in [5, 5.41) is 3.64. The number of methoxy groups -OCH3 is 1. The standard InChI is InChI=1S/C18H27ClN2O2/c1-21(2)18(10-6-4-5-7-11-18)13-20-17(22)15-12-14(19)8-9-16(15)23-3/h8-9,12H,4-7,10-11,13H2,1-3H3,(H,20,22). The van der Waals surface area contributed by atoms with Crippen LogP contribution >= 0.6 is 11.6 Å². The van der Waals surface area contributed by atoms with Crippen LogP contribution in [0.25, 0.3) is 0 Å². The van der Waals surface area contributed by atoms with Crippen molar-refractivity contribution in [3.8, 4) is 5.75 Å². The van der Waals surface area contributed by atoms with Crippen LogP contribution in [0.1, 0.15) is 48.9 Å². The summed E-state index contributed by atoms with van der Waals surface area (Å²) in [6.45, 7) is 0.647. The smallest absolute Gasteiger partial charge is 0.255 e. The summed E-state index contributed by atoms with van der Waals surface area (Å²) in [7, 11) is 5.78. The zero-order valence-electron chi connectivity index (χ0n) is 14.3. The lowest BCUT2D eigenvalue weighted by Crippen LogP contribution is -2.52. The van der Waals surface area contributed by atoms with Gasteiger partial charge in [0, 0.05) is 17.1 Å². The van der Waals surface area contributed by atoms with E-state index in [-0.39, 0.29) is 11.4 Å². The van der Waals surface area contributed by atoms with Crippen LogP contribution in [0.15, 0.2) is 18.2 Å². The summed E-state index contributed by atoms with van der Waals surface area (Å²) in [4.78, 5) is 14.9. The van der Waals surface area contributed by atoms with Crippen LogP contribution in [0.3, 0.4) is 0 Å². The fourth-order valence-corrected chi connectivity index (χ4v) is 3.54. The lowest BCUT2D eigenvalue weighted by atomic mass is 9.88. The van der Waals surface area contributed by atoms with E-state index < -0.39 is 0 Å². The van der Waals surface area contributed by atoms with E-state index in [0.29, 0.717) is 22.9 Å². The maximum Gasteiger partial charge on any atom is 0.255 e. The largest absolute Gasteiger partial charge is 0.496 e. The molecule has 1 fully saturated rings. The molecule has 128 valence electrons. The van der Waals surface area contributed by atoms with Gasteiger partial charge >= 0.3 is 0 Å². The van der Waals surface area contributed by atoms with Gasteiger partial charge in [-0.25, -0.2) is 0 Å². The van der Waals surface area contributed by atoms with Crippen LogP contribution in [0.4, 0.5) is 0 Å². The number of carbonyl (C=O) groups is 1. The number of carbonyl (C=O) groups excluding carboxylic acids is 1. The van der Waals surface area contributed by atoms with Crippen LogP contribution < -0.4 is 10.1 Å². The van der Waals surface area contributed by atoms with Crippen LogP contribution in [-0.2, 0) is 0 Å². The summed E-state index contributed by atoms with van der Waals surface area (Å²) >= 11 is 6.02. The summed E-state index contributed by atoms with van der Waals surface area (Å²) in [5.74, 6) is 0.418. The molecular weight excluding hydrogens is 312 g/mol. The molecule has 1 aromatic rings. The molecule has 0 aromatic heterocycles. The number of amides is 1. The maximum absolute atomic E-state index is 12.6. The molecule has 1 aliphatic carbocycles. The highest BCUT2D eigenvalue weighted by atomic mass is 35.5. The van der Waals surface area contributed by atoms with Gasteiger partial charge in [0.15, 0.2) is 0 Å². The van der Waals surface area contributed by atoms with E-state index >= 15 is 0 Å². The summed E-state index contributed by atoms with van der Waals surface area (Å²) in [6, 6.07) is 5.11. The van der Waals surface area contributed by atoms with Crippen LogP contribution in [0, 0.1) is 0 Å². The van der Waals surface area contributed by atoms with Crippen molar-refractivity contribution in [1.29, 1.82) is 0 Å². The predicted molar refractivity (Wildman–Crippen MR) is 94.5 cm³/mol. The Labute approximate surface area is 144 Å². The number of hydrogen-bond donors (Lipinski definition) is 1. The second-order valence-corrected chi connectivity index (χ2v) is 7.00. The van der Waals surface area contributed by atoms with Crippen molar-refractivity contribution in [2.45, 2.75) is 44.1 Å². The van der Waals surface area contributed by atoms with Crippen LogP contribution in [0.5, 0.6) is 5.75 Å². The van der Waals surface area contributed by atoms with Gasteiger partial charge in [-0.1, -0.05) is 37.3 Å². The first-order valence-corrected chi connectivity index (χ1v) is 8.65. The minimum absolute atomic E-state index is 0.0397. The monoisotopic (exact) mass is 338 g/mol. The molecule has 1 saturated carbocycles. The van der Waals surface area contributed by atoms with Gasteiger partial charge in [0.1, 0.15) is 5.75 Å². The van der Waals surface area contributed by atoms with Crippen LogP contribution in [0.2, 0.25) is 5.02 Å². The zero-order valence-corrected chi connectivity index (χ0v) is 15.1. The topological polar surface area (TPSA) is 41.6 Å². The highest BCUT2D eigenvalue weighted by Gasteiger charge is 2.33. The van der Waals surface area contributed by atoms with E-state index in [1.807, 2.05) is 0 Å². The first kappa shape index (κ1) is 18.1. The number of hydrogen-bond acceptors (Lipinski definition) is 3. The molecule has 1 amide bonds. The van der Waals surface area contributed by atoms with Crippen molar-refractivity contribution in [3.05, 3.63) is 28.8 Å². The molecule has 0 unspecified atom stereocenters. The number of nitrogens with zero attached hydrogens (tertiary/aromatic N) is 1. The highest BCUT2D eigenvalue weighted by molar-refractivity contribution is 6.31. The van der Waals surface area contributed by atoms with Gasteiger partial charge in [0.05, 0.1) is 12.7 Å². The van der Waals surface area contributed by atoms with Gasteiger partial charge in [-0.05, 0) is 45.1 Å². The molecule has 0 radical (unpaired) electrons. The number of halogens is 1. The normalized spacial score (nSPS) is 17.6. The first-order chi connectivity index (χ1) is 11.0. The third-order valence-electron chi connectivity index (χ3n) is 4.97. The Bertz CT molecular complexity index is 538. The molecule has 0 saturated heterocycles. The van der Waals surface area contributed by atoms with E-state index in [9.17, 15) is 4.79 Å². The lowest BCUT2D eigenvalue weighted by Gasteiger charge is -2.39. The van der Waals surface area contributed by atoms with Gasteiger partial charge in [-0.3, -0.25) is 4.79 Å². The third kappa shape index (κ3) is 4.39. The Balaban J connectivity index is 2.11. The van der Waals surface area contributed by atoms with E-state index in [1.165, 1.54) is 25.7 Å². The van der Waals surface area contributed by atoms with Crippen molar-refractivity contribution < 1.29 is 9.53 Å². The fraction of sp³-hybridized carbons (Fsp3) is 0.611. The Morgan fingerprint density at radius 2 is 1.91 bits per heavy atom. The molecule has 5 heteroatoms. The molecule has 1 aromatic carbocycles. The maximum atomic E-state index is 12.6. The number of nitrogens with one attached hydrogen (secondary N) is 1. The first-order valence-electron chi connectivity index (χ1n) is 8.28. The molecular formula is C18H27ClN2O2. The molecule has 23 heavy (non-hydrogen) atoms. The second-order valence-electron chi connectivity index (χ2n) is 6.56. The summed E-state index contributed by atoms with van der Waals surface area (Å²) in [6.07, 6.45) is 7.24. The summed E-state index contributed by atoms with van der Waals surface area (Å²) < 4.78 is 5.28. The van der Waals surface area contributed by atoms with Crippen molar-refractivity contribution in [3.63, 3.8) is 0 Å². The molecule has 0 atom stereocenters. The average Bonchev–Trinajstić information content (AvgIpc) is 2.79. The van der Waals surface area contributed by atoms with Gasteiger partial charge < -0.3 is 15.0 Å². The summed E-state index contributed by atoms with van der Waals surface area (Å²) in [5.41, 5.74) is 0.528. The molecule has 1 aliphatic rings. The number of benzene rings is 1. The second kappa shape index (κ2) is 8.02. The molecule has 0 heterocycles. The van der Waals surface area contributed by atoms with E-state index in [2.05, 4.69) is 24.3 Å². The van der Waals surface area contributed by atoms with Crippen molar-refractivity contribution in [2.75, 3.05) is 27.7 Å². The Morgan fingerprint density at radius 3 is 2.48 bits per heavy atom. The SMILES string of the molecule is COc1ccc(Cl)cc1C(=O)NCC1(N(C)C)CCCCCC1. The number of ether oxygens (including phenoxy) is 1. The number of rotatable bonds is 5. The van der Waals surface area contributed by atoms with E-state index in [0.717, 1.165) is 12.8 Å². The Morgan fingerprint density at radius 1 is 1.26 bits per heavy atom. The Hall–Kier alpha value is -1.26. The molecule has 4 nitrogen and oxygen atoms in total. The molecule has 0 bridgehead atoms. The molecule has 2 rings (SSSR count). The fourth-order valence-electron chi connectivity index (χ4n) is 3.37. The van der Waals surface area contributed by atoms with Crippen molar-refractivity contribution in [1.82, 2.24) is 10.2 Å².